The molecule has 1 amide bonds. The Morgan fingerprint density at radius 3 is 2.50 bits per heavy atom. The van der Waals surface area contributed by atoms with Crippen LogP contribution in [0.2, 0.25) is 5.02 Å². The van der Waals surface area contributed by atoms with Crippen LogP contribution < -0.4 is 4.90 Å². The predicted octanol–water partition coefficient (Wildman–Crippen LogP) is 3.83. The minimum Gasteiger partial charge on any atom is -0.368 e. The number of carbonyl (C=O) groups excluding carboxylic acids is 1. The summed E-state index contributed by atoms with van der Waals surface area (Å²) in [5.41, 5.74) is 1.53. The quantitative estimate of drug-likeness (QED) is 0.836. The Balaban J connectivity index is 1.52. The lowest BCUT2D eigenvalue weighted by Crippen LogP contribution is -2.49. The van der Waals surface area contributed by atoms with Crippen LogP contribution in [0.3, 0.4) is 0 Å². The monoisotopic (exact) mass is 345 g/mol. The number of amides is 1. The van der Waals surface area contributed by atoms with Crippen LogP contribution in [0.1, 0.15) is 44.1 Å². The molecule has 0 N–H and O–H groups in total. The van der Waals surface area contributed by atoms with Crippen LogP contribution in [0.15, 0.2) is 18.2 Å². The lowest BCUT2D eigenvalue weighted by molar-refractivity contribution is -0.132. The molecular weight excluding hydrogens is 322 g/mol. The first-order chi connectivity index (χ1) is 11.7. The van der Waals surface area contributed by atoms with Crippen molar-refractivity contribution in [3.8, 4) is 6.07 Å². The highest BCUT2D eigenvalue weighted by atomic mass is 35.5. The first-order valence-corrected chi connectivity index (χ1v) is 9.27. The van der Waals surface area contributed by atoms with E-state index in [1.165, 1.54) is 32.1 Å². The topological polar surface area (TPSA) is 47.3 Å². The summed E-state index contributed by atoms with van der Waals surface area (Å²) in [5.74, 6) is 0.918. The van der Waals surface area contributed by atoms with E-state index in [0.29, 0.717) is 22.4 Å². The number of benzene rings is 1. The normalized spacial score (nSPS) is 19.2. The summed E-state index contributed by atoms with van der Waals surface area (Å²) in [7, 11) is 0. The highest BCUT2D eigenvalue weighted by molar-refractivity contribution is 6.32. The predicted molar refractivity (Wildman–Crippen MR) is 96.2 cm³/mol. The Morgan fingerprint density at radius 1 is 1.17 bits per heavy atom. The van der Waals surface area contributed by atoms with Crippen LogP contribution in [-0.4, -0.2) is 37.0 Å². The maximum absolute atomic E-state index is 12.5. The zero-order chi connectivity index (χ0) is 16.9. The molecule has 1 aliphatic carbocycles. The minimum absolute atomic E-state index is 0.319. The Bertz CT molecular complexity index is 626. The van der Waals surface area contributed by atoms with Crippen molar-refractivity contribution in [3.05, 3.63) is 28.8 Å². The molecule has 1 saturated carbocycles. The summed E-state index contributed by atoms with van der Waals surface area (Å²) < 4.78 is 0. The molecule has 1 aliphatic heterocycles. The molecule has 1 aromatic carbocycles. The second-order valence-corrected chi connectivity index (χ2v) is 7.26. The molecule has 3 rings (SSSR count). The van der Waals surface area contributed by atoms with E-state index in [4.69, 9.17) is 16.9 Å². The third-order valence-corrected chi connectivity index (χ3v) is 5.57. The molecule has 24 heavy (non-hydrogen) atoms. The second kappa shape index (κ2) is 7.90. The van der Waals surface area contributed by atoms with Gasteiger partial charge < -0.3 is 9.80 Å². The maximum atomic E-state index is 12.5. The van der Waals surface area contributed by atoms with Gasteiger partial charge in [-0.3, -0.25) is 4.79 Å². The fourth-order valence-corrected chi connectivity index (χ4v) is 3.99. The van der Waals surface area contributed by atoms with Gasteiger partial charge in [0.25, 0.3) is 0 Å². The highest BCUT2D eigenvalue weighted by Crippen LogP contribution is 2.28. The van der Waals surface area contributed by atoms with Crippen molar-refractivity contribution in [1.82, 2.24) is 4.90 Å². The van der Waals surface area contributed by atoms with Crippen LogP contribution in [0, 0.1) is 17.2 Å². The molecule has 0 atom stereocenters. The molecule has 2 fully saturated rings. The molecule has 0 radical (unpaired) electrons. The third kappa shape index (κ3) is 4.02. The standard InChI is InChI=1S/C19H24ClN3O/c20-18-13-17(7-6-16(18)14-21)22-8-10-23(11-9-22)19(24)12-15-4-2-1-3-5-15/h6-7,13,15H,1-5,8-12H2. The molecule has 5 heteroatoms. The smallest absolute Gasteiger partial charge is 0.222 e. The van der Waals surface area contributed by atoms with Crippen molar-refractivity contribution >= 4 is 23.2 Å². The molecule has 0 unspecified atom stereocenters. The largest absolute Gasteiger partial charge is 0.368 e. The minimum atomic E-state index is 0.319. The summed E-state index contributed by atoms with van der Waals surface area (Å²) in [6.45, 7) is 3.17. The van der Waals surface area contributed by atoms with Gasteiger partial charge in [0.2, 0.25) is 5.91 Å². The second-order valence-electron chi connectivity index (χ2n) is 6.85. The van der Waals surface area contributed by atoms with E-state index in [1.807, 2.05) is 17.0 Å². The van der Waals surface area contributed by atoms with Gasteiger partial charge in [-0.05, 0) is 37.0 Å². The first kappa shape index (κ1) is 17.1. The van der Waals surface area contributed by atoms with Crippen LogP contribution >= 0.6 is 11.6 Å². The number of hydrogen-bond acceptors (Lipinski definition) is 3. The average molecular weight is 346 g/mol. The molecule has 2 aliphatic rings. The van der Waals surface area contributed by atoms with E-state index in [1.54, 1.807) is 6.07 Å². The van der Waals surface area contributed by atoms with E-state index in [2.05, 4.69) is 11.0 Å². The van der Waals surface area contributed by atoms with Gasteiger partial charge in [0.05, 0.1) is 10.6 Å². The fourth-order valence-electron chi connectivity index (χ4n) is 3.77. The number of piperazine rings is 1. The van der Waals surface area contributed by atoms with Crippen molar-refractivity contribution in [3.63, 3.8) is 0 Å². The van der Waals surface area contributed by atoms with Gasteiger partial charge in [0.1, 0.15) is 6.07 Å². The Hall–Kier alpha value is -1.73. The van der Waals surface area contributed by atoms with Gasteiger partial charge in [-0.2, -0.15) is 5.26 Å². The molecular formula is C19H24ClN3O. The van der Waals surface area contributed by atoms with Gasteiger partial charge in [0.15, 0.2) is 0 Å². The fraction of sp³-hybridized carbons (Fsp3) is 0.579. The summed E-state index contributed by atoms with van der Waals surface area (Å²) in [4.78, 5) is 16.7. The molecule has 4 nitrogen and oxygen atoms in total. The number of hydrogen-bond donors (Lipinski definition) is 0. The van der Waals surface area contributed by atoms with E-state index >= 15 is 0 Å². The zero-order valence-electron chi connectivity index (χ0n) is 14.0. The summed E-state index contributed by atoms with van der Waals surface area (Å²) in [6.07, 6.45) is 7.06. The van der Waals surface area contributed by atoms with Gasteiger partial charge in [-0.1, -0.05) is 30.9 Å². The first-order valence-electron chi connectivity index (χ1n) is 8.90. The van der Waals surface area contributed by atoms with Crippen molar-refractivity contribution in [2.75, 3.05) is 31.1 Å². The van der Waals surface area contributed by atoms with E-state index in [0.717, 1.165) is 38.3 Å². The zero-order valence-corrected chi connectivity index (χ0v) is 14.8. The highest BCUT2D eigenvalue weighted by Gasteiger charge is 2.24. The van der Waals surface area contributed by atoms with Gasteiger partial charge in [-0.25, -0.2) is 0 Å². The number of halogens is 1. The number of carbonyl (C=O) groups is 1. The SMILES string of the molecule is N#Cc1ccc(N2CCN(C(=O)CC3CCCCC3)CC2)cc1Cl. The molecule has 0 bridgehead atoms. The summed E-state index contributed by atoms with van der Waals surface area (Å²) in [5, 5.41) is 9.45. The van der Waals surface area contributed by atoms with Crippen molar-refractivity contribution < 1.29 is 4.79 Å². The molecule has 1 heterocycles. The van der Waals surface area contributed by atoms with Crippen molar-refractivity contribution in [2.45, 2.75) is 38.5 Å². The number of rotatable bonds is 3. The summed E-state index contributed by atoms with van der Waals surface area (Å²) >= 11 is 6.12. The van der Waals surface area contributed by atoms with E-state index in [-0.39, 0.29) is 0 Å². The molecule has 0 spiro atoms. The molecule has 128 valence electrons. The van der Waals surface area contributed by atoms with Crippen LogP contribution in [0.4, 0.5) is 5.69 Å². The molecule has 1 saturated heterocycles. The Morgan fingerprint density at radius 2 is 1.88 bits per heavy atom. The molecule has 0 aromatic heterocycles. The van der Waals surface area contributed by atoms with E-state index in [9.17, 15) is 4.79 Å². The number of nitriles is 1. The Kier molecular flexibility index (Phi) is 5.63. The summed E-state index contributed by atoms with van der Waals surface area (Å²) in [6, 6.07) is 7.63. The van der Waals surface area contributed by atoms with E-state index < -0.39 is 0 Å². The van der Waals surface area contributed by atoms with Crippen molar-refractivity contribution in [2.24, 2.45) is 5.92 Å². The van der Waals surface area contributed by atoms with Crippen LogP contribution in [0.25, 0.3) is 0 Å². The van der Waals surface area contributed by atoms with Crippen molar-refractivity contribution in [1.29, 1.82) is 5.26 Å². The molecule has 1 aromatic rings. The third-order valence-electron chi connectivity index (χ3n) is 5.26. The van der Waals surface area contributed by atoms with Gasteiger partial charge in [0, 0.05) is 38.3 Å². The number of anilines is 1. The Labute approximate surface area is 149 Å². The lowest BCUT2D eigenvalue weighted by atomic mass is 9.86. The maximum Gasteiger partial charge on any atom is 0.222 e. The van der Waals surface area contributed by atoms with Crippen LogP contribution in [0.5, 0.6) is 0 Å². The van der Waals surface area contributed by atoms with Gasteiger partial charge in [-0.15, -0.1) is 0 Å². The number of nitrogens with zero attached hydrogens (tertiary/aromatic N) is 3. The average Bonchev–Trinajstić information content (AvgIpc) is 2.62. The van der Waals surface area contributed by atoms with Crippen LogP contribution in [-0.2, 0) is 4.79 Å². The lowest BCUT2D eigenvalue weighted by Gasteiger charge is -2.37. The van der Waals surface area contributed by atoms with Gasteiger partial charge >= 0.3 is 0 Å².